The number of rotatable bonds is 9. The average molecular weight is 349 g/mol. The molecule has 1 aliphatic heterocycles. The molecule has 2 unspecified atom stereocenters. The summed E-state index contributed by atoms with van der Waals surface area (Å²) in [7, 11) is 0. The highest BCUT2D eigenvalue weighted by Gasteiger charge is 2.31. The van der Waals surface area contributed by atoms with E-state index in [1.807, 2.05) is 31.2 Å². The summed E-state index contributed by atoms with van der Waals surface area (Å²) in [6.45, 7) is 3.60. The summed E-state index contributed by atoms with van der Waals surface area (Å²) in [5, 5.41) is 12.0. The fourth-order valence-corrected chi connectivity index (χ4v) is 2.94. The van der Waals surface area contributed by atoms with Gasteiger partial charge < -0.3 is 19.9 Å². The Morgan fingerprint density at radius 3 is 2.92 bits per heavy atom. The Labute approximate surface area is 148 Å². The van der Waals surface area contributed by atoms with Crippen molar-refractivity contribution in [2.45, 2.75) is 45.1 Å². The number of aliphatic carboxylic acids is 1. The third-order valence-electron chi connectivity index (χ3n) is 4.31. The average Bonchev–Trinajstić information content (AvgIpc) is 2.60. The SMILES string of the molecule is Cc1cccc(OCCCCC(=O)NC(C(=O)O)C2CCCOC2)c1. The predicted octanol–water partition coefficient (Wildman–Crippen LogP) is 2.54. The van der Waals surface area contributed by atoms with Crippen LogP contribution in [0, 0.1) is 12.8 Å². The van der Waals surface area contributed by atoms with Gasteiger partial charge in [0.25, 0.3) is 0 Å². The quantitative estimate of drug-likeness (QED) is 0.669. The van der Waals surface area contributed by atoms with Gasteiger partial charge >= 0.3 is 5.97 Å². The lowest BCUT2D eigenvalue weighted by atomic mass is 9.93. The van der Waals surface area contributed by atoms with Crippen molar-refractivity contribution >= 4 is 11.9 Å². The Morgan fingerprint density at radius 1 is 1.40 bits per heavy atom. The zero-order chi connectivity index (χ0) is 18.1. The minimum absolute atomic E-state index is 0.153. The van der Waals surface area contributed by atoms with Gasteiger partial charge in [-0.25, -0.2) is 4.79 Å². The highest BCUT2D eigenvalue weighted by atomic mass is 16.5. The van der Waals surface area contributed by atoms with Crippen LogP contribution in [0.25, 0.3) is 0 Å². The van der Waals surface area contributed by atoms with E-state index >= 15 is 0 Å². The maximum atomic E-state index is 12.0. The van der Waals surface area contributed by atoms with Crippen molar-refractivity contribution in [3.8, 4) is 5.75 Å². The molecule has 1 amide bonds. The smallest absolute Gasteiger partial charge is 0.326 e. The summed E-state index contributed by atoms with van der Waals surface area (Å²) in [4.78, 5) is 23.4. The van der Waals surface area contributed by atoms with Crippen LogP contribution < -0.4 is 10.1 Å². The van der Waals surface area contributed by atoms with Crippen molar-refractivity contribution in [3.05, 3.63) is 29.8 Å². The number of carbonyl (C=O) groups is 2. The maximum Gasteiger partial charge on any atom is 0.326 e. The van der Waals surface area contributed by atoms with Gasteiger partial charge in [0.15, 0.2) is 0 Å². The molecular formula is C19H27NO5. The Bertz CT molecular complexity index is 569. The third-order valence-corrected chi connectivity index (χ3v) is 4.31. The molecule has 1 saturated heterocycles. The molecule has 1 heterocycles. The largest absolute Gasteiger partial charge is 0.494 e. The van der Waals surface area contributed by atoms with E-state index in [2.05, 4.69) is 5.32 Å². The highest BCUT2D eigenvalue weighted by molar-refractivity contribution is 5.83. The van der Waals surface area contributed by atoms with Gasteiger partial charge in [-0.15, -0.1) is 0 Å². The van der Waals surface area contributed by atoms with Gasteiger partial charge in [0.05, 0.1) is 13.2 Å². The van der Waals surface area contributed by atoms with E-state index < -0.39 is 12.0 Å². The molecule has 25 heavy (non-hydrogen) atoms. The monoisotopic (exact) mass is 349 g/mol. The number of hydrogen-bond acceptors (Lipinski definition) is 4. The molecule has 2 atom stereocenters. The minimum Gasteiger partial charge on any atom is -0.494 e. The molecule has 1 aliphatic rings. The van der Waals surface area contributed by atoms with Crippen molar-refractivity contribution in [1.82, 2.24) is 5.32 Å². The standard InChI is InChI=1S/C19H27NO5/c1-14-6-4-8-16(12-14)25-11-3-2-9-17(21)20-18(19(22)23)15-7-5-10-24-13-15/h4,6,8,12,15,18H,2-3,5,7,9-11,13H2,1H3,(H,20,21)(H,22,23). The van der Waals surface area contributed by atoms with E-state index in [1.165, 1.54) is 0 Å². The van der Waals surface area contributed by atoms with Crippen molar-refractivity contribution in [3.63, 3.8) is 0 Å². The summed E-state index contributed by atoms with van der Waals surface area (Å²) in [6.07, 6.45) is 3.30. The number of carboxylic acid groups (broad SMARTS) is 1. The van der Waals surface area contributed by atoms with Gasteiger partial charge in [-0.2, -0.15) is 0 Å². The Balaban J connectivity index is 1.66. The van der Waals surface area contributed by atoms with Crippen molar-refractivity contribution in [1.29, 1.82) is 0 Å². The molecule has 138 valence electrons. The first-order chi connectivity index (χ1) is 12.1. The first-order valence-corrected chi connectivity index (χ1v) is 8.85. The zero-order valence-electron chi connectivity index (χ0n) is 14.7. The van der Waals surface area contributed by atoms with Gasteiger partial charge in [0.2, 0.25) is 5.91 Å². The molecule has 1 aromatic rings. The van der Waals surface area contributed by atoms with Crippen molar-refractivity contribution < 1.29 is 24.2 Å². The lowest BCUT2D eigenvalue weighted by Crippen LogP contribution is -2.48. The molecule has 2 N–H and O–H groups in total. The first kappa shape index (κ1) is 19.2. The van der Waals surface area contributed by atoms with Crippen LogP contribution in [0.1, 0.15) is 37.7 Å². The molecule has 1 fully saturated rings. The first-order valence-electron chi connectivity index (χ1n) is 8.85. The van der Waals surface area contributed by atoms with E-state index in [9.17, 15) is 14.7 Å². The fraction of sp³-hybridized carbons (Fsp3) is 0.579. The molecule has 6 nitrogen and oxygen atoms in total. The molecule has 0 bridgehead atoms. The normalized spacial score (nSPS) is 18.4. The molecule has 6 heteroatoms. The van der Waals surface area contributed by atoms with E-state index in [1.54, 1.807) is 0 Å². The molecule has 1 aromatic carbocycles. The van der Waals surface area contributed by atoms with E-state index in [4.69, 9.17) is 9.47 Å². The second-order valence-electron chi connectivity index (χ2n) is 6.48. The number of aryl methyl sites for hydroxylation is 1. The summed E-state index contributed by atoms with van der Waals surface area (Å²) in [5.41, 5.74) is 1.14. The molecule has 0 radical (unpaired) electrons. The van der Waals surface area contributed by atoms with Crippen LogP contribution in [0.2, 0.25) is 0 Å². The third kappa shape index (κ3) is 6.74. The van der Waals surface area contributed by atoms with Gasteiger partial charge in [-0.3, -0.25) is 4.79 Å². The minimum atomic E-state index is -0.994. The van der Waals surface area contributed by atoms with Gasteiger partial charge in [0, 0.05) is 18.9 Å². The number of unbranched alkanes of at least 4 members (excludes halogenated alkanes) is 1. The molecule has 0 aromatic heterocycles. The second-order valence-corrected chi connectivity index (χ2v) is 6.48. The highest BCUT2D eigenvalue weighted by Crippen LogP contribution is 2.18. The lowest BCUT2D eigenvalue weighted by molar-refractivity contribution is -0.145. The van der Waals surface area contributed by atoms with E-state index in [0.717, 1.165) is 30.6 Å². The molecule has 2 rings (SSSR count). The van der Waals surface area contributed by atoms with Crippen molar-refractivity contribution in [2.24, 2.45) is 5.92 Å². The molecule has 0 aliphatic carbocycles. The summed E-state index contributed by atoms with van der Waals surface area (Å²) in [6, 6.07) is 6.96. The molecular weight excluding hydrogens is 322 g/mol. The molecule has 0 spiro atoms. The van der Waals surface area contributed by atoms with Crippen LogP contribution >= 0.6 is 0 Å². The van der Waals surface area contributed by atoms with E-state index in [-0.39, 0.29) is 11.8 Å². The molecule has 0 saturated carbocycles. The van der Waals surface area contributed by atoms with Crippen LogP contribution in [-0.2, 0) is 14.3 Å². The Morgan fingerprint density at radius 2 is 2.24 bits per heavy atom. The Kier molecular flexibility index (Phi) is 7.73. The van der Waals surface area contributed by atoms with Gasteiger partial charge in [-0.1, -0.05) is 12.1 Å². The summed E-state index contributed by atoms with van der Waals surface area (Å²) >= 11 is 0. The van der Waals surface area contributed by atoms with Crippen molar-refractivity contribution in [2.75, 3.05) is 19.8 Å². The van der Waals surface area contributed by atoms with Crippen LogP contribution in [0.5, 0.6) is 5.75 Å². The number of nitrogens with one attached hydrogen (secondary N) is 1. The number of benzene rings is 1. The van der Waals surface area contributed by atoms with Crippen LogP contribution in [0.15, 0.2) is 24.3 Å². The number of carboxylic acids is 1. The van der Waals surface area contributed by atoms with E-state index in [0.29, 0.717) is 32.7 Å². The van der Waals surface area contributed by atoms with Gasteiger partial charge in [0.1, 0.15) is 11.8 Å². The Hall–Kier alpha value is -2.08. The number of ether oxygens (including phenoxy) is 2. The summed E-state index contributed by atoms with van der Waals surface area (Å²) < 4.78 is 11.0. The number of amides is 1. The second kappa shape index (κ2) is 10.0. The number of hydrogen-bond donors (Lipinski definition) is 2. The van der Waals surface area contributed by atoms with Crippen LogP contribution in [0.3, 0.4) is 0 Å². The lowest BCUT2D eigenvalue weighted by Gasteiger charge is -2.28. The van der Waals surface area contributed by atoms with Crippen LogP contribution in [0.4, 0.5) is 0 Å². The zero-order valence-corrected chi connectivity index (χ0v) is 14.7. The van der Waals surface area contributed by atoms with Gasteiger partial charge in [-0.05, 0) is 50.3 Å². The topological polar surface area (TPSA) is 84.9 Å². The fourth-order valence-electron chi connectivity index (χ4n) is 2.94. The number of carbonyl (C=O) groups excluding carboxylic acids is 1. The summed E-state index contributed by atoms with van der Waals surface area (Å²) in [5.74, 6) is -0.548. The maximum absolute atomic E-state index is 12.0. The predicted molar refractivity (Wildman–Crippen MR) is 93.6 cm³/mol. The van der Waals surface area contributed by atoms with Crippen LogP contribution in [-0.4, -0.2) is 42.8 Å².